The molecule has 5 nitrogen and oxygen atoms in total. The second kappa shape index (κ2) is 7.31. The molecule has 21 heavy (non-hydrogen) atoms. The van der Waals surface area contributed by atoms with Crippen molar-refractivity contribution in [2.45, 2.75) is 32.7 Å². The van der Waals surface area contributed by atoms with E-state index in [4.69, 9.17) is 10.5 Å². The maximum atomic E-state index is 11.7. The number of nitrogens with one attached hydrogen (secondary N) is 1. The predicted octanol–water partition coefficient (Wildman–Crippen LogP) is 2.34. The quantitative estimate of drug-likeness (QED) is 0.644. The molecule has 0 radical (unpaired) electrons. The number of benzene rings is 1. The molecule has 0 atom stereocenters. The van der Waals surface area contributed by atoms with E-state index >= 15 is 0 Å². The number of nitrogen functional groups attached to an aromatic ring is 1. The van der Waals surface area contributed by atoms with E-state index in [0.717, 1.165) is 38.2 Å². The summed E-state index contributed by atoms with van der Waals surface area (Å²) in [4.78, 5) is 14.1. The van der Waals surface area contributed by atoms with E-state index in [9.17, 15) is 4.79 Å². The molecule has 0 bridgehead atoms. The molecule has 0 amide bonds. The summed E-state index contributed by atoms with van der Waals surface area (Å²) in [6.45, 7) is 7.71. The van der Waals surface area contributed by atoms with Crippen LogP contribution in [-0.4, -0.2) is 43.2 Å². The SMILES string of the molecule is CCOC(=O)c1ccc(NC2CCN(CC)CC2)c(N)c1. The molecule has 3 N–H and O–H groups in total. The third-order valence-corrected chi connectivity index (χ3v) is 3.96. The Bertz CT molecular complexity index is 482. The van der Waals surface area contributed by atoms with Gasteiger partial charge in [-0.2, -0.15) is 0 Å². The van der Waals surface area contributed by atoms with Crippen LogP contribution in [0.25, 0.3) is 0 Å². The van der Waals surface area contributed by atoms with Gasteiger partial charge >= 0.3 is 5.97 Å². The molecule has 0 aliphatic carbocycles. The zero-order valence-corrected chi connectivity index (χ0v) is 12.9. The Labute approximate surface area is 126 Å². The van der Waals surface area contributed by atoms with Crippen LogP contribution in [0.15, 0.2) is 18.2 Å². The van der Waals surface area contributed by atoms with Crippen LogP contribution in [0.1, 0.15) is 37.0 Å². The van der Waals surface area contributed by atoms with Crippen molar-refractivity contribution in [3.8, 4) is 0 Å². The van der Waals surface area contributed by atoms with Gasteiger partial charge in [-0.25, -0.2) is 4.79 Å². The van der Waals surface area contributed by atoms with Crippen LogP contribution in [0.2, 0.25) is 0 Å². The molecular weight excluding hydrogens is 266 g/mol. The minimum atomic E-state index is -0.327. The molecule has 1 aromatic carbocycles. The van der Waals surface area contributed by atoms with Crippen molar-refractivity contribution in [2.24, 2.45) is 0 Å². The number of piperidine rings is 1. The monoisotopic (exact) mass is 291 g/mol. The normalized spacial score (nSPS) is 16.7. The smallest absolute Gasteiger partial charge is 0.338 e. The van der Waals surface area contributed by atoms with Gasteiger partial charge in [0.2, 0.25) is 0 Å². The molecule has 0 spiro atoms. The van der Waals surface area contributed by atoms with Crippen molar-refractivity contribution in [2.75, 3.05) is 37.3 Å². The van der Waals surface area contributed by atoms with Gasteiger partial charge in [0.05, 0.1) is 23.5 Å². The third-order valence-electron chi connectivity index (χ3n) is 3.96. The lowest BCUT2D eigenvalue weighted by atomic mass is 10.0. The van der Waals surface area contributed by atoms with E-state index in [2.05, 4.69) is 17.1 Å². The number of esters is 1. The van der Waals surface area contributed by atoms with Gasteiger partial charge < -0.3 is 20.7 Å². The van der Waals surface area contributed by atoms with E-state index in [1.165, 1.54) is 0 Å². The summed E-state index contributed by atoms with van der Waals surface area (Å²) in [5.41, 5.74) is 8.04. The Hall–Kier alpha value is -1.75. The summed E-state index contributed by atoms with van der Waals surface area (Å²) in [6, 6.07) is 5.76. The maximum Gasteiger partial charge on any atom is 0.338 e. The highest BCUT2D eigenvalue weighted by atomic mass is 16.5. The largest absolute Gasteiger partial charge is 0.462 e. The van der Waals surface area contributed by atoms with Crippen LogP contribution >= 0.6 is 0 Å². The van der Waals surface area contributed by atoms with Crippen LogP contribution < -0.4 is 11.1 Å². The fourth-order valence-corrected chi connectivity index (χ4v) is 2.65. The lowest BCUT2D eigenvalue weighted by Crippen LogP contribution is -2.38. The molecule has 2 rings (SSSR count). The fourth-order valence-electron chi connectivity index (χ4n) is 2.65. The Kier molecular flexibility index (Phi) is 5.44. The first-order chi connectivity index (χ1) is 10.1. The molecule has 0 saturated carbocycles. The summed E-state index contributed by atoms with van der Waals surface area (Å²) in [5, 5.41) is 3.49. The molecule has 1 heterocycles. The van der Waals surface area contributed by atoms with Crippen LogP contribution in [-0.2, 0) is 4.74 Å². The number of carbonyl (C=O) groups is 1. The van der Waals surface area contributed by atoms with E-state index in [-0.39, 0.29) is 5.97 Å². The Balaban J connectivity index is 1.97. The summed E-state index contributed by atoms with van der Waals surface area (Å²) in [6.07, 6.45) is 2.24. The minimum absolute atomic E-state index is 0.327. The summed E-state index contributed by atoms with van der Waals surface area (Å²) in [5.74, 6) is -0.327. The number of hydrogen-bond acceptors (Lipinski definition) is 5. The lowest BCUT2D eigenvalue weighted by Gasteiger charge is -2.32. The Morgan fingerprint density at radius 2 is 2.10 bits per heavy atom. The lowest BCUT2D eigenvalue weighted by molar-refractivity contribution is 0.0526. The molecular formula is C16H25N3O2. The highest BCUT2D eigenvalue weighted by Crippen LogP contribution is 2.24. The van der Waals surface area contributed by atoms with Crippen molar-refractivity contribution in [1.82, 2.24) is 4.90 Å². The first-order valence-electron chi connectivity index (χ1n) is 7.69. The van der Waals surface area contributed by atoms with Crippen molar-refractivity contribution in [1.29, 1.82) is 0 Å². The number of hydrogen-bond donors (Lipinski definition) is 2. The van der Waals surface area contributed by atoms with Crippen molar-refractivity contribution < 1.29 is 9.53 Å². The molecule has 0 aromatic heterocycles. The van der Waals surface area contributed by atoms with E-state index < -0.39 is 0 Å². The number of carbonyl (C=O) groups excluding carboxylic acids is 1. The number of rotatable bonds is 5. The first kappa shape index (κ1) is 15.6. The number of likely N-dealkylation sites (tertiary alicyclic amines) is 1. The average molecular weight is 291 g/mol. The highest BCUT2D eigenvalue weighted by molar-refractivity contribution is 5.91. The molecule has 0 unspecified atom stereocenters. The molecule has 1 aliphatic heterocycles. The summed E-state index contributed by atoms with van der Waals surface area (Å²) < 4.78 is 4.98. The topological polar surface area (TPSA) is 67.6 Å². The number of anilines is 2. The number of nitrogens with zero attached hydrogens (tertiary/aromatic N) is 1. The minimum Gasteiger partial charge on any atom is -0.462 e. The van der Waals surface area contributed by atoms with Gasteiger partial charge in [-0.05, 0) is 44.5 Å². The van der Waals surface area contributed by atoms with Gasteiger partial charge in [-0.15, -0.1) is 0 Å². The molecule has 1 fully saturated rings. The number of nitrogens with two attached hydrogens (primary N) is 1. The second-order valence-electron chi connectivity index (χ2n) is 5.38. The van der Waals surface area contributed by atoms with Crippen LogP contribution in [0.3, 0.4) is 0 Å². The molecule has 116 valence electrons. The van der Waals surface area contributed by atoms with Gasteiger partial charge in [0.25, 0.3) is 0 Å². The fraction of sp³-hybridized carbons (Fsp3) is 0.562. The standard InChI is InChI=1S/C16H25N3O2/c1-3-19-9-7-13(8-10-19)18-15-6-5-12(11-14(15)17)16(20)21-4-2/h5-6,11,13,18H,3-4,7-10,17H2,1-2H3. The highest BCUT2D eigenvalue weighted by Gasteiger charge is 2.18. The van der Waals surface area contributed by atoms with Crippen LogP contribution in [0.4, 0.5) is 11.4 Å². The molecule has 1 saturated heterocycles. The maximum absolute atomic E-state index is 11.7. The van der Waals surface area contributed by atoms with Crippen molar-refractivity contribution >= 4 is 17.3 Å². The second-order valence-corrected chi connectivity index (χ2v) is 5.38. The Morgan fingerprint density at radius 1 is 1.38 bits per heavy atom. The van der Waals surface area contributed by atoms with E-state index in [1.807, 2.05) is 6.07 Å². The van der Waals surface area contributed by atoms with Crippen molar-refractivity contribution in [3.63, 3.8) is 0 Å². The molecule has 1 aliphatic rings. The number of ether oxygens (including phenoxy) is 1. The predicted molar refractivity (Wildman–Crippen MR) is 85.6 cm³/mol. The van der Waals surface area contributed by atoms with Gasteiger partial charge in [0.15, 0.2) is 0 Å². The van der Waals surface area contributed by atoms with Gasteiger partial charge in [-0.3, -0.25) is 0 Å². The van der Waals surface area contributed by atoms with Gasteiger partial charge in [0, 0.05) is 19.1 Å². The van der Waals surface area contributed by atoms with Crippen LogP contribution in [0.5, 0.6) is 0 Å². The Morgan fingerprint density at radius 3 is 2.67 bits per heavy atom. The van der Waals surface area contributed by atoms with E-state index in [1.54, 1.807) is 19.1 Å². The molecule has 1 aromatic rings. The van der Waals surface area contributed by atoms with Gasteiger partial charge in [-0.1, -0.05) is 6.92 Å². The average Bonchev–Trinajstić information content (AvgIpc) is 2.50. The summed E-state index contributed by atoms with van der Waals surface area (Å²) >= 11 is 0. The zero-order valence-electron chi connectivity index (χ0n) is 12.9. The van der Waals surface area contributed by atoms with E-state index in [0.29, 0.717) is 23.9 Å². The van der Waals surface area contributed by atoms with Crippen molar-refractivity contribution in [3.05, 3.63) is 23.8 Å². The third kappa shape index (κ3) is 4.11. The van der Waals surface area contributed by atoms with Gasteiger partial charge in [0.1, 0.15) is 0 Å². The zero-order chi connectivity index (χ0) is 15.2. The van der Waals surface area contributed by atoms with Crippen LogP contribution in [0, 0.1) is 0 Å². The molecule has 5 heteroatoms. The summed E-state index contributed by atoms with van der Waals surface area (Å²) in [7, 11) is 0. The first-order valence-corrected chi connectivity index (χ1v) is 7.69.